The van der Waals surface area contributed by atoms with Crippen LogP contribution in [0, 0.1) is 0 Å². The lowest BCUT2D eigenvalue weighted by atomic mass is 10.1. The van der Waals surface area contributed by atoms with Crippen LogP contribution < -0.4 is 4.74 Å². The number of hydrogen-bond donors (Lipinski definition) is 1. The largest absolute Gasteiger partial charge is 0.492 e. The summed E-state index contributed by atoms with van der Waals surface area (Å²) in [4.78, 5) is 25.3. The summed E-state index contributed by atoms with van der Waals surface area (Å²) in [6.07, 6.45) is 4.18. The molecule has 0 aliphatic rings. The molecule has 1 N–H and O–H groups in total. The van der Waals surface area contributed by atoms with Crippen molar-refractivity contribution in [3.63, 3.8) is 0 Å². The molecule has 0 spiro atoms. The maximum atomic E-state index is 12.4. The van der Waals surface area contributed by atoms with Crippen molar-refractivity contribution in [2.24, 2.45) is 0 Å². The van der Waals surface area contributed by atoms with Crippen molar-refractivity contribution >= 4 is 12.1 Å². The topological polar surface area (TPSA) is 94.5 Å². The molecule has 8 heteroatoms. The third kappa shape index (κ3) is 13.1. The predicted octanol–water partition coefficient (Wildman–Crippen LogP) is 4.54. The summed E-state index contributed by atoms with van der Waals surface area (Å²) in [6, 6.07) is 7.23. The number of benzene rings is 1. The van der Waals surface area contributed by atoms with Gasteiger partial charge in [-0.2, -0.15) is 0 Å². The second-order valence-corrected chi connectivity index (χ2v) is 7.75. The molecule has 1 rings (SSSR count). The summed E-state index contributed by atoms with van der Waals surface area (Å²) >= 11 is 0. The molecule has 1 unspecified atom stereocenters. The number of rotatable bonds is 19. The van der Waals surface area contributed by atoms with Crippen LogP contribution in [0.4, 0.5) is 4.79 Å². The average molecular weight is 468 g/mol. The minimum absolute atomic E-state index is 0.291. The summed E-state index contributed by atoms with van der Waals surface area (Å²) in [5.74, 6) is -0.324. The van der Waals surface area contributed by atoms with Gasteiger partial charge in [0.15, 0.2) is 6.10 Å². The summed E-state index contributed by atoms with van der Waals surface area (Å²) in [5, 5.41) is 9.22. The number of amides is 1. The lowest BCUT2D eigenvalue weighted by Gasteiger charge is -2.22. The molecule has 0 bridgehead atoms. The zero-order valence-electron chi connectivity index (χ0n) is 20.4. The maximum absolute atomic E-state index is 12.4. The van der Waals surface area contributed by atoms with E-state index in [1.807, 2.05) is 19.1 Å². The zero-order chi connectivity index (χ0) is 24.3. The molecule has 0 saturated carbocycles. The van der Waals surface area contributed by atoms with Crippen LogP contribution in [0.3, 0.4) is 0 Å². The van der Waals surface area contributed by atoms with Gasteiger partial charge in [0.2, 0.25) is 0 Å². The Balaban J connectivity index is 2.50. The van der Waals surface area contributed by atoms with Gasteiger partial charge >= 0.3 is 12.1 Å². The number of carbonyl (C=O) groups is 2. The summed E-state index contributed by atoms with van der Waals surface area (Å²) in [5.41, 5.74) is 0.851. The number of ether oxygens (including phenoxy) is 4. The highest BCUT2D eigenvalue weighted by atomic mass is 16.6. The third-order valence-corrected chi connectivity index (χ3v) is 5.00. The molecule has 1 atom stereocenters. The minimum Gasteiger partial charge on any atom is -0.492 e. The highest BCUT2D eigenvalue weighted by Crippen LogP contribution is 2.15. The number of carboxylic acid groups (broad SMARTS) is 1. The van der Waals surface area contributed by atoms with Gasteiger partial charge in [0.1, 0.15) is 12.4 Å². The van der Waals surface area contributed by atoms with E-state index in [4.69, 9.17) is 18.9 Å². The molecular weight excluding hydrogens is 426 g/mol. The van der Waals surface area contributed by atoms with E-state index in [9.17, 15) is 14.7 Å². The van der Waals surface area contributed by atoms with Crippen molar-refractivity contribution in [2.45, 2.75) is 65.4 Å². The molecular formula is C25H41NO7. The molecule has 0 aliphatic carbocycles. The highest BCUT2D eigenvalue weighted by Gasteiger charge is 2.18. The van der Waals surface area contributed by atoms with Crippen LogP contribution in [0.2, 0.25) is 0 Å². The van der Waals surface area contributed by atoms with Crippen molar-refractivity contribution in [1.29, 1.82) is 0 Å². The van der Waals surface area contributed by atoms with E-state index in [2.05, 4.69) is 6.92 Å². The summed E-state index contributed by atoms with van der Waals surface area (Å²) < 4.78 is 22.0. The lowest BCUT2D eigenvalue weighted by Crippen LogP contribution is -2.37. The monoisotopic (exact) mass is 467 g/mol. The fourth-order valence-corrected chi connectivity index (χ4v) is 3.05. The highest BCUT2D eigenvalue weighted by molar-refractivity contribution is 5.72. The summed E-state index contributed by atoms with van der Waals surface area (Å²) in [7, 11) is 0. The first-order chi connectivity index (χ1) is 16.0. The van der Waals surface area contributed by atoms with E-state index in [1.54, 1.807) is 24.0 Å². The Morgan fingerprint density at radius 1 is 0.909 bits per heavy atom. The van der Waals surface area contributed by atoms with Gasteiger partial charge in [-0.05, 0) is 37.5 Å². The molecule has 1 aromatic carbocycles. The Kier molecular flexibility index (Phi) is 15.8. The molecule has 0 radical (unpaired) electrons. The Morgan fingerprint density at radius 3 is 2.24 bits per heavy atom. The van der Waals surface area contributed by atoms with E-state index < -0.39 is 12.1 Å². The number of aliphatic carboxylic acids is 1. The lowest BCUT2D eigenvalue weighted by molar-refractivity contribution is -0.149. The fourth-order valence-electron chi connectivity index (χ4n) is 3.05. The fraction of sp³-hybridized carbons (Fsp3) is 0.680. The van der Waals surface area contributed by atoms with Crippen LogP contribution in [0.25, 0.3) is 0 Å². The van der Waals surface area contributed by atoms with Gasteiger partial charge in [0, 0.05) is 26.2 Å². The third-order valence-electron chi connectivity index (χ3n) is 5.00. The van der Waals surface area contributed by atoms with Gasteiger partial charge in [-0.15, -0.1) is 0 Å². The van der Waals surface area contributed by atoms with Crippen LogP contribution in [0.5, 0.6) is 5.75 Å². The molecule has 188 valence electrons. The van der Waals surface area contributed by atoms with Crippen LogP contribution in [-0.4, -0.2) is 74.3 Å². The van der Waals surface area contributed by atoms with Crippen LogP contribution in [-0.2, 0) is 25.4 Å². The Hall–Kier alpha value is -2.32. The van der Waals surface area contributed by atoms with Gasteiger partial charge in [0.25, 0.3) is 0 Å². The molecule has 0 heterocycles. The normalized spacial score (nSPS) is 11.7. The zero-order valence-corrected chi connectivity index (χ0v) is 20.4. The Morgan fingerprint density at radius 2 is 1.61 bits per heavy atom. The molecule has 0 saturated heterocycles. The van der Waals surface area contributed by atoms with Crippen molar-refractivity contribution in [3.8, 4) is 5.75 Å². The first-order valence-electron chi connectivity index (χ1n) is 12.1. The van der Waals surface area contributed by atoms with Crippen molar-refractivity contribution < 1.29 is 33.6 Å². The molecule has 0 fully saturated rings. The first-order valence-corrected chi connectivity index (χ1v) is 12.1. The molecule has 0 aliphatic heterocycles. The SMILES string of the molecule is CCCCCOCCN(CCOc1ccc(CC(OCC)C(=O)O)cc1)C(=O)OCCCC. The van der Waals surface area contributed by atoms with Crippen LogP contribution >= 0.6 is 0 Å². The standard InChI is InChI=1S/C25H41NO7/c1-4-7-9-16-30-18-14-26(25(29)33-17-8-5-2)15-19-32-22-12-10-21(11-13-22)20-23(24(27)28)31-6-3/h10-13,23H,4-9,14-20H2,1-3H3,(H,27,28). The number of hydrogen-bond acceptors (Lipinski definition) is 6. The molecule has 33 heavy (non-hydrogen) atoms. The van der Waals surface area contributed by atoms with Gasteiger partial charge < -0.3 is 29.0 Å². The van der Waals surface area contributed by atoms with E-state index in [1.165, 1.54) is 0 Å². The first kappa shape index (κ1) is 28.7. The van der Waals surface area contributed by atoms with Crippen molar-refractivity contribution in [2.75, 3.05) is 46.1 Å². The molecule has 8 nitrogen and oxygen atoms in total. The number of nitrogens with zero attached hydrogens (tertiary/aromatic N) is 1. The van der Waals surface area contributed by atoms with Gasteiger partial charge in [0.05, 0.1) is 19.8 Å². The smallest absolute Gasteiger partial charge is 0.409 e. The van der Waals surface area contributed by atoms with Gasteiger partial charge in [-0.25, -0.2) is 9.59 Å². The van der Waals surface area contributed by atoms with Gasteiger partial charge in [-0.1, -0.05) is 45.2 Å². The Labute approximate surface area is 198 Å². The summed E-state index contributed by atoms with van der Waals surface area (Å²) in [6.45, 7) is 9.03. The molecule has 1 amide bonds. The average Bonchev–Trinajstić information content (AvgIpc) is 2.80. The van der Waals surface area contributed by atoms with E-state index in [-0.39, 0.29) is 6.09 Å². The van der Waals surface area contributed by atoms with Crippen molar-refractivity contribution in [3.05, 3.63) is 29.8 Å². The second-order valence-electron chi connectivity index (χ2n) is 7.75. The predicted molar refractivity (Wildman–Crippen MR) is 127 cm³/mol. The molecule has 1 aromatic rings. The van der Waals surface area contributed by atoms with Crippen LogP contribution in [0.1, 0.15) is 58.4 Å². The number of unbranched alkanes of at least 4 members (excludes halogenated alkanes) is 3. The van der Waals surface area contributed by atoms with E-state index in [0.717, 1.165) is 37.7 Å². The van der Waals surface area contributed by atoms with Crippen LogP contribution in [0.15, 0.2) is 24.3 Å². The van der Waals surface area contributed by atoms with Gasteiger partial charge in [-0.3, -0.25) is 0 Å². The van der Waals surface area contributed by atoms with E-state index >= 15 is 0 Å². The molecule has 0 aromatic heterocycles. The minimum atomic E-state index is -0.975. The number of carbonyl (C=O) groups excluding carboxylic acids is 1. The second kappa shape index (κ2) is 18.1. The quantitative estimate of drug-likeness (QED) is 0.298. The number of carboxylic acids is 1. The Bertz CT molecular complexity index is 651. The maximum Gasteiger partial charge on any atom is 0.409 e. The van der Waals surface area contributed by atoms with E-state index in [0.29, 0.717) is 58.3 Å². The van der Waals surface area contributed by atoms with Crippen molar-refractivity contribution in [1.82, 2.24) is 4.90 Å².